The van der Waals surface area contributed by atoms with Crippen LogP contribution in [-0.4, -0.2) is 58.5 Å². The van der Waals surface area contributed by atoms with E-state index in [1.54, 1.807) is 0 Å². The summed E-state index contributed by atoms with van der Waals surface area (Å²) in [7, 11) is 0. The Morgan fingerprint density at radius 3 is 1.48 bits per heavy atom. The van der Waals surface area contributed by atoms with Gasteiger partial charge in [0.05, 0.1) is 11.1 Å². The van der Waals surface area contributed by atoms with E-state index >= 15 is 0 Å². The Bertz CT molecular complexity index is 989. The maximum Gasteiger partial charge on any atom is 0.384 e. The van der Waals surface area contributed by atoms with Crippen molar-refractivity contribution in [2.45, 2.75) is 41.7 Å². The van der Waals surface area contributed by atoms with Gasteiger partial charge >= 0.3 is 29.6 Å². The summed E-state index contributed by atoms with van der Waals surface area (Å²) >= 11 is 0.848. The fourth-order valence-corrected chi connectivity index (χ4v) is 4.05. The number of halogens is 12. The van der Waals surface area contributed by atoms with Crippen LogP contribution in [0, 0.1) is 0 Å². The monoisotopic (exact) mass is 607 g/mol. The fourth-order valence-electron chi connectivity index (χ4n) is 3.38. The number of carbonyl (C=O) groups excluding carboxylic acids is 2. The molecule has 3 nitrogen and oxygen atoms in total. The Morgan fingerprint density at radius 1 is 0.727 bits per heavy atom. The number of benzene rings is 1. The van der Waals surface area contributed by atoms with Crippen molar-refractivity contribution in [1.82, 2.24) is 4.90 Å². The van der Waals surface area contributed by atoms with Gasteiger partial charge in [0.1, 0.15) is 0 Å². The summed E-state index contributed by atoms with van der Waals surface area (Å²) in [4.78, 5) is 24.9. The molecule has 15 heteroatoms. The number of hydrogen-bond acceptors (Lipinski definition) is 2. The van der Waals surface area contributed by atoms with Crippen LogP contribution in [-0.2, 0) is 0 Å². The van der Waals surface area contributed by atoms with Gasteiger partial charge in [-0.3, -0.25) is 14.5 Å². The summed E-state index contributed by atoms with van der Waals surface area (Å²) in [5.74, 6) is -37.4. The summed E-state index contributed by atoms with van der Waals surface area (Å²) in [6, 6.07) is 5.29. The molecule has 33 heavy (non-hydrogen) atoms. The molecule has 1 fully saturated rings. The predicted molar refractivity (Wildman–Crippen MR) is 97.1 cm³/mol. The number of amides is 2. The second-order valence-electron chi connectivity index (χ2n) is 7.23. The van der Waals surface area contributed by atoms with Crippen molar-refractivity contribution in [1.29, 1.82) is 0 Å². The highest BCUT2D eigenvalue weighted by molar-refractivity contribution is 14.1. The van der Waals surface area contributed by atoms with Gasteiger partial charge in [-0.05, 0) is 50.8 Å². The van der Waals surface area contributed by atoms with Crippen molar-refractivity contribution < 1.29 is 57.9 Å². The van der Waals surface area contributed by atoms with E-state index in [9.17, 15) is 57.9 Å². The molecule has 2 amide bonds. The number of alkyl halides is 11. The van der Waals surface area contributed by atoms with E-state index in [1.807, 2.05) is 0 Å². The maximum atomic E-state index is 14.8. The number of allylic oxidation sites excluding steroid dienone is 1. The maximum absolute atomic E-state index is 14.8. The summed E-state index contributed by atoms with van der Waals surface area (Å²) in [6.07, 6.45) is -1.90. The molecule has 0 spiro atoms. The Labute approximate surface area is 190 Å². The largest absolute Gasteiger partial charge is 0.384 e. The van der Waals surface area contributed by atoms with E-state index in [0.717, 1.165) is 22.6 Å². The highest BCUT2D eigenvalue weighted by Crippen LogP contribution is 2.70. The molecular weight excluding hydrogens is 598 g/mol. The van der Waals surface area contributed by atoms with Gasteiger partial charge in [0.2, 0.25) is 0 Å². The third-order valence-corrected chi connectivity index (χ3v) is 6.15. The summed E-state index contributed by atoms with van der Waals surface area (Å²) in [5.41, 5.74) is -6.39. The lowest BCUT2D eigenvalue weighted by Gasteiger charge is -2.51. The predicted octanol–water partition coefficient (Wildman–Crippen LogP) is 5.89. The van der Waals surface area contributed by atoms with Crippen molar-refractivity contribution in [3.8, 4) is 0 Å². The van der Waals surface area contributed by atoms with Crippen LogP contribution in [0.5, 0.6) is 0 Å². The zero-order chi connectivity index (χ0) is 25.4. The van der Waals surface area contributed by atoms with E-state index in [0.29, 0.717) is 4.90 Å². The number of carbonyl (C=O) groups is 2. The topological polar surface area (TPSA) is 37.4 Å². The third kappa shape index (κ3) is 2.98. The fraction of sp³-hybridized carbons (Fsp3) is 0.444. The highest BCUT2D eigenvalue weighted by atomic mass is 127. The molecular formula is C18H9F11INO2. The molecule has 182 valence electrons. The van der Waals surface area contributed by atoms with Crippen LogP contribution in [0.2, 0.25) is 0 Å². The second-order valence-corrected chi connectivity index (χ2v) is 8.62. The number of rotatable bonds is 4. The second kappa shape index (κ2) is 7.28. The summed E-state index contributed by atoms with van der Waals surface area (Å²) < 4.78 is 150. The van der Waals surface area contributed by atoms with Crippen LogP contribution in [0.1, 0.15) is 27.1 Å². The third-order valence-electron chi connectivity index (χ3n) is 5.30. The van der Waals surface area contributed by atoms with E-state index in [-0.39, 0.29) is 11.1 Å². The minimum Gasteiger partial charge on any atom is -0.274 e. The molecule has 0 N–H and O–H groups in total. The van der Waals surface area contributed by atoms with Crippen LogP contribution in [0.25, 0.3) is 0 Å². The Balaban J connectivity index is 1.96. The molecule has 0 unspecified atom stereocenters. The molecule has 1 aromatic rings. The number of imide groups is 1. The summed E-state index contributed by atoms with van der Waals surface area (Å²) in [6.45, 7) is -0.767. The van der Waals surface area contributed by atoms with Crippen molar-refractivity contribution >= 4 is 34.4 Å². The first kappa shape index (κ1) is 25.7. The van der Waals surface area contributed by atoms with Crippen molar-refractivity contribution in [2.24, 2.45) is 0 Å². The molecule has 1 aliphatic carbocycles. The normalized spacial score (nSPS) is 26.3. The van der Waals surface area contributed by atoms with Gasteiger partial charge in [0.15, 0.2) is 0 Å². The molecule has 0 bridgehead atoms. The Kier molecular flexibility index (Phi) is 5.66. The quantitative estimate of drug-likeness (QED) is 0.244. The van der Waals surface area contributed by atoms with Crippen LogP contribution in [0.15, 0.2) is 33.9 Å². The molecule has 1 saturated carbocycles. The SMILES string of the molecule is O=C1c2ccccc2C(=O)N1CCC(I)=CC1(F)C(F)(F)C(F)(F)C(F)(F)C(F)(F)C1(F)F. The molecule has 1 aromatic carbocycles. The van der Waals surface area contributed by atoms with Gasteiger partial charge in [-0.25, -0.2) is 4.39 Å². The lowest BCUT2D eigenvalue weighted by Crippen LogP contribution is -2.83. The minimum absolute atomic E-state index is 0.0738. The Hall–Kier alpha value is -1.94. The lowest BCUT2D eigenvalue weighted by atomic mass is 9.72. The molecule has 2 aliphatic rings. The molecule has 0 atom stereocenters. The van der Waals surface area contributed by atoms with E-state index in [2.05, 4.69) is 0 Å². The van der Waals surface area contributed by atoms with Crippen molar-refractivity contribution in [3.05, 3.63) is 45.0 Å². The zero-order valence-electron chi connectivity index (χ0n) is 15.6. The molecule has 0 saturated heterocycles. The number of fused-ring (bicyclic) bond motifs is 1. The standard InChI is InChI=1S/C18H9F11INO2/c19-13(14(20,21)16(24,25)18(28,29)17(26,27)15(13,22)23)7-8(30)5-6-31-11(32)9-3-1-2-4-10(9)12(31)33/h1-4,7H,5-6H2. The van der Waals surface area contributed by atoms with Gasteiger partial charge in [0, 0.05) is 6.54 Å². The van der Waals surface area contributed by atoms with Gasteiger partial charge < -0.3 is 0 Å². The van der Waals surface area contributed by atoms with Gasteiger partial charge in [0.25, 0.3) is 17.5 Å². The van der Waals surface area contributed by atoms with Crippen LogP contribution >= 0.6 is 22.6 Å². The number of hydrogen-bond donors (Lipinski definition) is 0. The summed E-state index contributed by atoms with van der Waals surface area (Å²) in [5, 5.41) is 0. The van der Waals surface area contributed by atoms with Gasteiger partial charge in [-0.1, -0.05) is 12.1 Å². The van der Waals surface area contributed by atoms with Crippen molar-refractivity contribution in [2.75, 3.05) is 6.54 Å². The molecule has 1 aliphatic heterocycles. The zero-order valence-corrected chi connectivity index (χ0v) is 17.8. The average Bonchev–Trinajstić information content (AvgIpc) is 2.95. The number of nitrogens with zero attached hydrogens (tertiary/aromatic N) is 1. The van der Waals surface area contributed by atoms with Crippen LogP contribution in [0.3, 0.4) is 0 Å². The first-order valence-corrected chi connectivity index (χ1v) is 9.78. The van der Waals surface area contributed by atoms with Crippen LogP contribution in [0.4, 0.5) is 48.3 Å². The van der Waals surface area contributed by atoms with E-state index < -0.39 is 69.7 Å². The molecule has 3 rings (SSSR count). The average molecular weight is 607 g/mol. The van der Waals surface area contributed by atoms with Crippen LogP contribution < -0.4 is 0 Å². The van der Waals surface area contributed by atoms with E-state index in [1.165, 1.54) is 24.3 Å². The Morgan fingerprint density at radius 2 is 1.09 bits per heavy atom. The molecule has 0 aromatic heterocycles. The smallest absolute Gasteiger partial charge is 0.274 e. The van der Waals surface area contributed by atoms with Gasteiger partial charge in [-0.2, -0.15) is 43.9 Å². The minimum atomic E-state index is -7.29. The lowest BCUT2D eigenvalue weighted by molar-refractivity contribution is -0.476. The van der Waals surface area contributed by atoms with E-state index in [4.69, 9.17) is 0 Å². The molecule has 1 heterocycles. The van der Waals surface area contributed by atoms with Gasteiger partial charge in [-0.15, -0.1) is 0 Å². The first-order chi connectivity index (χ1) is 14.8. The van der Waals surface area contributed by atoms with Crippen molar-refractivity contribution in [3.63, 3.8) is 0 Å². The highest BCUT2D eigenvalue weighted by Gasteiger charge is 3.00. The first-order valence-electron chi connectivity index (χ1n) is 8.70. The molecule has 0 radical (unpaired) electrons.